The van der Waals surface area contributed by atoms with Gasteiger partial charge < -0.3 is 24.8 Å². The molecule has 5 saturated heterocycles. The molecule has 0 radical (unpaired) electrons. The molecule has 328 valence electrons. The largest absolute Gasteiger partial charge is 0.374 e. The second-order valence-corrected chi connectivity index (χ2v) is 18.4. The molecule has 1 aromatic carbocycles. The maximum Gasteiger partial charge on any atom is 0.328 e. The predicted octanol–water partition coefficient (Wildman–Crippen LogP) is 5.94. The molecule has 2 N–H and O–H groups in total. The van der Waals surface area contributed by atoms with Crippen LogP contribution >= 0.6 is 11.6 Å². The summed E-state index contributed by atoms with van der Waals surface area (Å²) < 4.78 is 37.5. The number of ether oxygens (including phenoxy) is 1. The number of carbonyl (C=O) groups excluding carboxylic acids is 4. The lowest BCUT2D eigenvalue weighted by molar-refractivity contribution is -0.120. The second-order valence-electron chi connectivity index (χ2n) is 18.0. The van der Waals surface area contributed by atoms with E-state index in [1.807, 2.05) is 11.0 Å². The minimum atomic E-state index is -2.86. The molecule has 1 aliphatic carbocycles. The number of amides is 5. The van der Waals surface area contributed by atoms with Crippen molar-refractivity contribution in [3.8, 4) is 0 Å². The van der Waals surface area contributed by atoms with E-state index in [-0.39, 0.29) is 59.6 Å². The number of nitrogens with one attached hydrogen (secondary N) is 2. The molecule has 8 heterocycles. The Labute approximate surface area is 361 Å². The Morgan fingerprint density at radius 1 is 1.00 bits per heavy atom. The molecule has 62 heavy (non-hydrogen) atoms. The van der Waals surface area contributed by atoms with Crippen molar-refractivity contribution >= 4 is 58.2 Å². The second kappa shape index (κ2) is 16.5. The first kappa shape index (κ1) is 40.8. The first-order valence-electron chi connectivity index (χ1n) is 21.8. The first-order chi connectivity index (χ1) is 30.0. The van der Waals surface area contributed by atoms with Crippen LogP contribution in [0.2, 0.25) is 5.02 Å². The predicted molar refractivity (Wildman–Crippen MR) is 225 cm³/mol. The van der Waals surface area contributed by atoms with Crippen molar-refractivity contribution in [3.05, 3.63) is 64.7 Å². The van der Waals surface area contributed by atoms with Crippen LogP contribution in [-0.4, -0.2) is 122 Å². The van der Waals surface area contributed by atoms with Crippen molar-refractivity contribution in [3.63, 3.8) is 0 Å². The van der Waals surface area contributed by atoms with Gasteiger partial charge in [-0.1, -0.05) is 11.6 Å². The van der Waals surface area contributed by atoms with Gasteiger partial charge in [0.25, 0.3) is 18.2 Å². The fourth-order valence-corrected chi connectivity index (χ4v) is 10.8. The van der Waals surface area contributed by atoms with Crippen LogP contribution in [-0.2, 0) is 9.53 Å². The number of hydrogen-bond acceptors (Lipinski definition) is 10. The molecule has 5 aliphatic heterocycles. The molecular formula is C43H50ClF2N11O5. The van der Waals surface area contributed by atoms with Crippen LogP contribution in [0, 0.1) is 11.3 Å². The Morgan fingerprint density at radius 3 is 2.48 bits per heavy atom. The minimum absolute atomic E-state index is 0.00355. The monoisotopic (exact) mass is 873 g/mol. The van der Waals surface area contributed by atoms with Crippen molar-refractivity contribution in [2.24, 2.45) is 11.3 Å². The molecular weight excluding hydrogens is 824 g/mol. The summed E-state index contributed by atoms with van der Waals surface area (Å²) in [6.07, 6.45) is 10.7. The summed E-state index contributed by atoms with van der Waals surface area (Å²) in [7, 11) is 0. The summed E-state index contributed by atoms with van der Waals surface area (Å²) in [6.45, 7) is 5.93. The number of piperidine rings is 2. The first-order valence-corrected chi connectivity index (χ1v) is 22.2. The summed E-state index contributed by atoms with van der Waals surface area (Å²) in [5.41, 5.74) is 1.19. The summed E-state index contributed by atoms with van der Waals surface area (Å²) >= 11 is 6.42. The van der Waals surface area contributed by atoms with Crippen LogP contribution in [0.4, 0.5) is 30.8 Å². The number of benzene rings is 1. The fourth-order valence-electron chi connectivity index (χ4n) is 10.6. The molecule has 5 amide bonds. The molecule has 16 nitrogen and oxygen atoms in total. The minimum Gasteiger partial charge on any atom is -0.374 e. The Balaban J connectivity index is 0.701. The number of halogens is 3. The number of alkyl halides is 2. The lowest BCUT2D eigenvalue weighted by Crippen LogP contribution is -2.50. The molecule has 10 rings (SSSR count). The van der Waals surface area contributed by atoms with Crippen LogP contribution < -0.4 is 20.4 Å². The van der Waals surface area contributed by atoms with Crippen molar-refractivity contribution in [2.75, 3.05) is 67.5 Å². The van der Waals surface area contributed by atoms with Crippen LogP contribution in [0.5, 0.6) is 0 Å². The number of fused-ring (bicyclic) bond motifs is 3. The van der Waals surface area contributed by atoms with Crippen LogP contribution in [0.15, 0.2) is 42.9 Å². The smallest absolute Gasteiger partial charge is 0.328 e. The standard InChI is InChI=1S/C43H50ClF2N11O5/c44-32-6-3-27(19-34(32)54-13-8-36(58)50-42(54)61)41(60)53-17-11-43(12-18-53)9-15-52(16-10-43)22-26-1-4-28(5-2-26)57-24-33(37(51-57)38(45)46)48-40(59)31-21-47-56-14-7-35(49-39(31)56)55-23-30-20-29(55)25-62-30/h3,6-7,14,19,21,24,26,28-30,38H,1-2,4-5,8-13,15-18,20,22-23,25H2,(H,48,59)(H,50,58,61)/t26?,28?,29-,30-/m1/s1. The zero-order chi connectivity index (χ0) is 42.7. The Hall–Kier alpha value is -5.20. The number of aromatic nitrogens is 5. The van der Waals surface area contributed by atoms with Crippen molar-refractivity contribution in [1.29, 1.82) is 0 Å². The van der Waals surface area contributed by atoms with Crippen LogP contribution in [0.3, 0.4) is 0 Å². The van der Waals surface area contributed by atoms with Gasteiger partial charge in [-0.25, -0.2) is 23.1 Å². The molecule has 6 aliphatic rings. The summed E-state index contributed by atoms with van der Waals surface area (Å²) in [5, 5.41) is 13.9. The third-order valence-electron chi connectivity index (χ3n) is 14.3. The molecule has 3 aromatic heterocycles. The summed E-state index contributed by atoms with van der Waals surface area (Å²) in [4.78, 5) is 64.1. The van der Waals surface area contributed by atoms with Gasteiger partial charge in [0.1, 0.15) is 11.4 Å². The molecule has 4 aromatic rings. The molecule has 0 unspecified atom stereocenters. The van der Waals surface area contributed by atoms with Crippen LogP contribution in [0.1, 0.15) is 103 Å². The Kier molecular flexibility index (Phi) is 10.9. The lowest BCUT2D eigenvalue weighted by Gasteiger charge is -2.47. The van der Waals surface area contributed by atoms with E-state index in [4.69, 9.17) is 21.3 Å². The van der Waals surface area contributed by atoms with E-state index in [2.05, 4.69) is 30.6 Å². The zero-order valence-corrected chi connectivity index (χ0v) is 35.1. The van der Waals surface area contributed by atoms with Crippen LogP contribution in [0.25, 0.3) is 5.65 Å². The Bertz CT molecular complexity index is 2380. The number of anilines is 3. The summed E-state index contributed by atoms with van der Waals surface area (Å²) in [5.74, 6) is 0.245. The van der Waals surface area contributed by atoms with Crippen molar-refractivity contribution < 1.29 is 32.7 Å². The maximum absolute atomic E-state index is 14.3. The fraction of sp³-hybridized carbons (Fsp3) is 0.558. The zero-order valence-electron chi connectivity index (χ0n) is 34.4. The van der Waals surface area contributed by atoms with E-state index in [0.29, 0.717) is 47.5 Å². The quantitative estimate of drug-likeness (QED) is 0.206. The van der Waals surface area contributed by atoms with E-state index in [1.54, 1.807) is 35.3 Å². The topological polar surface area (TPSA) is 163 Å². The van der Waals surface area contributed by atoms with Gasteiger partial charge in [-0.3, -0.25) is 29.3 Å². The normalized spacial score (nSPS) is 25.3. The SMILES string of the molecule is O=C1CCN(c2cc(C(=O)N3CCC4(CCN(CC5CCC(n6cc(NC(=O)c7cnn8ccc(N9C[C@H]%10C[C@@H]9CO%10)nc78)c(C(F)F)n6)CC5)CC4)CC3)ccc2Cl)C(=O)N1. The highest BCUT2D eigenvalue weighted by Gasteiger charge is 2.41. The van der Waals surface area contributed by atoms with Gasteiger partial charge in [-0.2, -0.15) is 10.2 Å². The van der Waals surface area contributed by atoms with E-state index < -0.39 is 24.1 Å². The number of imide groups is 1. The van der Waals surface area contributed by atoms with Gasteiger partial charge in [0.2, 0.25) is 5.91 Å². The van der Waals surface area contributed by atoms with E-state index in [0.717, 1.165) is 89.8 Å². The number of hydrogen-bond donors (Lipinski definition) is 2. The highest BCUT2D eigenvalue weighted by atomic mass is 35.5. The summed E-state index contributed by atoms with van der Waals surface area (Å²) in [6, 6.07) is 6.49. The molecule has 19 heteroatoms. The molecule has 6 fully saturated rings. The highest BCUT2D eigenvalue weighted by Crippen LogP contribution is 2.43. The Morgan fingerprint density at radius 2 is 1.77 bits per heavy atom. The molecule has 1 spiro atoms. The van der Waals surface area contributed by atoms with E-state index in [9.17, 15) is 28.0 Å². The third kappa shape index (κ3) is 7.89. The van der Waals surface area contributed by atoms with Gasteiger partial charge in [-0.15, -0.1) is 0 Å². The molecule has 1 saturated carbocycles. The number of morpholine rings is 1. The molecule has 2 atom stereocenters. The van der Waals surface area contributed by atoms with Crippen molar-refractivity contribution in [2.45, 2.75) is 88.8 Å². The van der Waals surface area contributed by atoms with Gasteiger partial charge in [0.15, 0.2) is 11.3 Å². The number of likely N-dealkylation sites (tertiary alicyclic amines) is 2. The van der Waals surface area contributed by atoms with E-state index in [1.165, 1.54) is 15.6 Å². The third-order valence-corrected chi connectivity index (χ3v) is 14.6. The number of rotatable bonds is 9. The number of nitrogens with zero attached hydrogens (tertiary/aromatic N) is 9. The number of carbonyl (C=O) groups is 4. The molecule has 2 bridgehead atoms. The maximum atomic E-state index is 14.3. The van der Waals surface area contributed by atoms with E-state index >= 15 is 0 Å². The van der Waals surface area contributed by atoms with Gasteiger partial charge in [0, 0.05) is 57.1 Å². The van der Waals surface area contributed by atoms with Crippen molar-refractivity contribution in [1.82, 2.24) is 39.5 Å². The van der Waals surface area contributed by atoms with Gasteiger partial charge >= 0.3 is 6.03 Å². The average Bonchev–Trinajstić information content (AvgIpc) is 4.10. The highest BCUT2D eigenvalue weighted by molar-refractivity contribution is 6.34. The average molecular weight is 874 g/mol. The lowest BCUT2D eigenvalue weighted by atomic mass is 9.71. The van der Waals surface area contributed by atoms with Gasteiger partial charge in [0.05, 0.1) is 47.4 Å². The number of urea groups is 1. The van der Waals surface area contributed by atoms with Gasteiger partial charge in [-0.05, 0) is 106 Å².